The lowest BCUT2D eigenvalue weighted by atomic mass is 10.0. The molecule has 1 saturated heterocycles. The van der Waals surface area contributed by atoms with Crippen LogP contribution in [0.15, 0.2) is 48.5 Å². The van der Waals surface area contributed by atoms with Crippen molar-refractivity contribution in [2.24, 2.45) is 0 Å². The Labute approximate surface area is 182 Å². The quantitative estimate of drug-likeness (QED) is 0.700. The van der Waals surface area contributed by atoms with Gasteiger partial charge in [-0.25, -0.2) is 13.1 Å². The van der Waals surface area contributed by atoms with Crippen LogP contribution >= 0.6 is 11.6 Å². The molecule has 3 rings (SSSR count). The van der Waals surface area contributed by atoms with Gasteiger partial charge in [-0.1, -0.05) is 35.9 Å². The second kappa shape index (κ2) is 9.68. The SMILES string of the molecule is COc1ccccc1N1CCN(C(=O)CC(NS(C)(=O)=O)c2ccc(Cl)cc2)CC1. The molecule has 1 amide bonds. The summed E-state index contributed by atoms with van der Waals surface area (Å²) >= 11 is 5.94. The topological polar surface area (TPSA) is 79.0 Å². The lowest BCUT2D eigenvalue weighted by Gasteiger charge is -2.37. The summed E-state index contributed by atoms with van der Waals surface area (Å²) in [5.74, 6) is 0.711. The number of amides is 1. The van der Waals surface area contributed by atoms with Crippen molar-refractivity contribution in [2.75, 3.05) is 44.4 Å². The zero-order chi connectivity index (χ0) is 21.7. The maximum Gasteiger partial charge on any atom is 0.224 e. The largest absolute Gasteiger partial charge is 0.495 e. The van der Waals surface area contributed by atoms with Crippen LogP contribution in [-0.4, -0.2) is 58.8 Å². The first kappa shape index (κ1) is 22.4. The van der Waals surface area contributed by atoms with Crippen LogP contribution in [0, 0.1) is 0 Å². The molecule has 2 aromatic carbocycles. The molecule has 162 valence electrons. The zero-order valence-electron chi connectivity index (χ0n) is 17.0. The number of sulfonamides is 1. The number of ether oxygens (including phenoxy) is 1. The molecule has 1 atom stereocenters. The van der Waals surface area contributed by atoms with Gasteiger partial charge in [-0.3, -0.25) is 4.79 Å². The predicted octanol–water partition coefficient (Wildman–Crippen LogP) is 2.68. The van der Waals surface area contributed by atoms with E-state index in [0.29, 0.717) is 36.8 Å². The van der Waals surface area contributed by atoms with Crippen molar-refractivity contribution in [3.8, 4) is 5.75 Å². The molecule has 0 bridgehead atoms. The van der Waals surface area contributed by atoms with E-state index in [0.717, 1.165) is 17.7 Å². The molecule has 0 aliphatic carbocycles. The van der Waals surface area contributed by atoms with Crippen molar-refractivity contribution >= 4 is 33.2 Å². The molecule has 0 radical (unpaired) electrons. The van der Waals surface area contributed by atoms with Crippen molar-refractivity contribution in [3.63, 3.8) is 0 Å². The van der Waals surface area contributed by atoms with Crippen LogP contribution in [0.3, 0.4) is 0 Å². The predicted molar refractivity (Wildman–Crippen MR) is 119 cm³/mol. The van der Waals surface area contributed by atoms with Crippen LogP contribution in [0.5, 0.6) is 5.75 Å². The van der Waals surface area contributed by atoms with Gasteiger partial charge in [-0.15, -0.1) is 0 Å². The number of benzene rings is 2. The van der Waals surface area contributed by atoms with Gasteiger partial charge in [-0.2, -0.15) is 0 Å². The molecule has 0 aromatic heterocycles. The van der Waals surface area contributed by atoms with Crippen molar-refractivity contribution in [1.82, 2.24) is 9.62 Å². The van der Waals surface area contributed by atoms with Crippen molar-refractivity contribution in [3.05, 3.63) is 59.1 Å². The lowest BCUT2D eigenvalue weighted by Crippen LogP contribution is -2.49. The number of methoxy groups -OCH3 is 1. The summed E-state index contributed by atoms with van der Waals surface area (Å²) in [7, 11) is -1.84. The normalized spacial score (nSPS) is 15.7. The fourth-order valence-electron chi connectivity index (χ4n) is 3.57. The van der Waals surface area contributed by atoms with E-state index < -0.39 is 16.1 Å². The molecule has 30 heavy (non-hydrogen) atoms. The van der Waals surface area contributed by atoms with E-state index in [1.807, 2.05) is 24.3 Å². The molecule has 2 aromatic rings. The third kappa shape index (κ3) is 5.87. The number of hydrogen-bond acceptors (Lipinski definition) is 5. The highest BCUT2D eigenvalue weighted by molar-refractivity contribution is 7.88. The third-order valence-corrected chi connectivity index (χ3v) is 6.03. The van der Waals surface area contributed by atoms with Gasteiger partial charge in [-0.05, 0) is 29.8 Å². The first-order valence-electron chi connectivity index (χ1n) is 9.65. The van der Waals surface area contributed by atoms with Crippen LogP contribution in [0.1, 0.15) is 18.0 Å². The van der Waals surface area contributed by atoms with Crippen molar-refractivity contribution < 1.29 is 17.9 Å². The Morgan fingerprint density at radius 3 is 2.33 bits per heavy atom. The summed E-state index contributed by atoms with van der Waals surface area (Å²) in [5, 5.41) is 0.552. The number of rotatable bonds is 7. The molecule has 1 N–H and O–H groups in total. The summed E-state index contributed by atoms with van der Waals surface area (Å²) in [5.41, 5.74) is 1.70. The van der Waals surface area contributed by atoms with Gasteiger partial charge in [0.2, 0.25) is 15.9 Å². The Balaban J connectivity index is 1.66. The number of para-hydroxylation sites is 2. The fraction of sp³-hybridized carbons (Fsp3) is 0.381. The number of nitrogens with zero attached hydrogens (tertiary/aromatic N) is 2. The highest BCUT2D eigenvalue weighted by Crippen LogP contribution is 2.29. The Morgan fingerprint density at radius 2 is 1.73 bits per heavy atom. The first-order chi connectivity index (χ1) is 14.3. The number of piperazine rings is 1. The molecule has 1 fully saturated rings. The van der Waals surface area contributed by atoms with Crippen LogP contribution in [0.4, 0.5) is 5.69 Å². The average molecular weight is 452 g/mol. The minimum absolute atomic E-state index is 0.0450. The number of anilines is 1. The van der Waals surface area contributed by atoms with Crippen LogP contribution in [0.25, 0.3) is 0 Å². The van der Waals surface area contributed by atoms with E-state index in [4.69, 9.17) is 16.3 Å². The summed E-state index contributed by atoms with van der Waals surface area (Å²) in [6, 6.07) is 14.0. The first-order valence-corrected chi connectivity index (χ1v) is 11.9. The number of halogens is 1. The van der Waals surface area contributed by atoms with Gasteiger partial charge in [0.25, 0.3) is 0 Å². The van der Waals surface area contributed by atoms with Crippen molar-refractivity contribution in [1.29, 1.82) is 0 Å². The van der Waals surface area contributed by atoms with Crippen molar-refractivity contribution in [2.45, 2.75) is 12.5 Å². The van der Waals surface area contributed by atoms with E-state index in [2.05, 4.69) is 9.62 Å². The average Bonchev–Trinajstić information content (AvgIpc) is 2.73. The molecule has 1 aliphatic heterocycles. The molecule has 7 nitrogen and oxygen atoms in total. The van der Waals surface area contributed by atoms with Gasteiger partial charge >= 0.3 is 0 Å². The van der Waals surface area contributed by atoms with E-state index in [1.54, 1.807) is 36.3 Å². The maximum absolute atomic E-state index is 12.9. The molecular weight excluding hydrogens is 426 g/mol. The Bertz CT molecular complexity index is 974. The van der Waals surface area contributed by atoms with E-state index in [1.165, 1.54) is 0 Å². The Kier molecular flexibility index (Phi) is 7.23. The van der Waals surface area contributed by atoms with Gasteiger partial charge in [0.15, 0.2) is 0 Å². The smallest absolute Gasteiger partial charge is 0.224 e. The molecule has 9 heteroatoms. The summed E-state index contributed by atoms with van der Waals surface area (Å²) in [6.07, 6.45) is 1.13. The van der Waals surface area contributed by atoms with E-state index >= 15 is 0 Å². The van der Waals surface area contributed by atoms with E-state index in [-0.39, 0.29) is 12.3 Å². The van der Waals surface area contributed by atoms with Crippen LogP contribution < -0.4 is 14.4 Å². The second-order valence-corrected chi connectivity index (χ2v) is 9.45. The Morgan fingerprint density at radius 1 is 1.10 bits per heavy atom. The molecule has 1 heterocycles. The van der Waals surface area contributed by atoms with Gasteiger partial charge in [0.05, 0.1) is 25.1 Å². The zero-order valence-corrected chi connectivity index (χ0v) is 18.6. The maximum atomic E-state index is 12.9. The Hall–Kier alpha value is -2.29. The van der Waals surface area contributed by atoms with Crippen LogP contribution in [-0.2, 0) is 14.8 Å². The lowest BCUT2D eigenvalue weighted by molar-refractivity contribution is -0.132. The number of carbonyl (C=O) groups excluding carboxylic acids is 1. The second-order valence-electron chi connectivity index (χ2n) is 7.24. The van der Waals surface area contributed by atoms with E-state index in [9.17, 15) is 13.2 Å². The monoisotopic (exact) mass is 451 g/mol. The van der Waals surface area contributed by atoms with Gasteiger partial charge < -0.3 is 14.5 Å². The minimum Gasteiger partial charge on any atom is -0.495 e. The molecule has 1 aliphatic rings. The number of nitrogens with one attached hydrogen (secondary N) is 1. The highest BCUT2D eigenvalue weighted by Gasteiger charge is 2.26. The van der Waals surface area contributed by atoms with Gasteiger partial charge in [0, 0.05) is 37.6 Å². The van der Waals surface area contributed by atoms with Crippen LogP contribution in [0.2, 0.25) is 5.02 Å². The number of carbonyl (C=O) groups is 1. The highest BCUT2D eigenvalue weighted by atomic mass is 35.5. The van der Waals surface area contributed by atoms with Gasteiger partial charge in [0.1, 0.15) is 5.75 Å². The summed E-state index contributed by atoms with van der Waals surface area (Å²) in [4.78, 5) is 16.9. The fourth-order valence-corrected chi connectivity index (χ4v) is 4.43. The summed E-state index contributed by atoms with van der Waals surface area (Å²) in [6.45, 7) is 2.47. The molecule has 1 unspecified atom stereocenters. The standard InChI is InChI=1S/C21H26ClN3O4S/c1-29-20-6-4-3-5-19(20)24-11-13-25(14-12-24)21(26)15-18(23-30(2,27)28)16-7-9-17(22)10-8-16/h3-10,18,23H,11-15H2,1-2H3. The summed E-state index contributed by atoms with van der Waals surface area (Å²) < 4.78 is 31.6. The molecule has 0 saturated carbocycles. The minimum atomic E-state index is -3.49. The number of hydrogen-bond donors (Lipinski definition) is 1. The molecule has 0 spiro atoms. The third-order valence-electron chi connectivity index (χ3n) is 5.07. The molecular formula is C21H26ClN3O4S.